The minimum atomic E-state index is 0.432. The predicted molar refractivity (Wildman–Crippen MR) is 76.3 cm³/mol. The fourth-order valence-electron chi connectivity index (χ4n) is 2.62. The Morgan fingerprint density at radius 2 is 2.00 bits per heavy atom. The average molecular weight is 271 g/mol. The van der Waals surface area contributed by atoms with Crippen LogP contribution >= 0.6 is 24.0 Å². The summed E-state index contributed by atoms with van der Waals surface area (Å²) in [6.45, 7) is 4.35. The van der Waals surface area contributed by atoms with E-state index in [9.17, 15) is 0 Å². The number of hydrogen-bond acceptors (Lipinski definition) is 3. The molecule has 0 atom stereocenters. The van der Waals surface area contributed by atoms with Crippen molar-refractivity contribution >= 4 is 24.0 Å². The van der Waals surface area contributed by atoms with Crippen LogP contribution in [0.3, 0.4) is 0 Å². The van der Waals surface area contributed by atoms with Gasteiger partial charge in [-0.15, -0.1) is 0 Å². The van der Waals surface area contributed by atoms with Crippen LogP contribution < -0.4 is 0 Å². The van der Waals surface area contributed by atoms with Crippen molar-refractivity contribution in [1.82, 2.24) is 14.8 Å². The van der Waals surface area contributed by atoms with Crippen LogP contribution in [0, 0.1) is 4.77 Å². The molecule has 0 amide bonds. The molecule has 1 aromatic heterocycles. The first-order valence-corrected chi connectivity index (χ1v) is 8.02. The highest BCUT2D eigenvalue weighted by atomic mass is 32.2. The summed E-state index contributed by atoms with van der Waals surface area (Å²) in [6, 6.07) is 0.557. The molecule has 5 heteroatoms. The first-order valence-electron chi connectivity index (χ1n) is 6.33. The first kappa shape index (κ1) is 13.1. The quantitative estimate of drug-likeness (QED) is 0.846. The molecule has 1 N–H and O–H groups in total. The predicted octanol–water partition coefficient (Wildman–Crippen LogP) is 3.91. The highest BCUT2D eigenvalue weighted by Crippen LogP contribution is 2.35. The third-order valence-corrected chi connectivity index (χ3v) is 5.02. The molecular weight excluding hydrogens is 250 g/mol. The van der Waals surface area contributed by atoms with Gasteiger partial charge in [-0.3, -0.25) is 5.10 Å². The van der Waals surface area contributed by atoms with Crippen molar-refractivity contribution in [2.24, 2.45) is 0 Å². The van der Waals surface area contributed by atoms with E-state index in [0.717, 1.165) is 15.8 Å². The summed E-state index contributed by atoms with van der Waals surface area (Å²) in [7, 11) is 0. The molecule has 0 spiro atoms. The van der Waals surface area contributed by atoms with Gasteiger partial charge >= 0.3 is 0 Å². The van der Waals surface area contributed by atoms with E-state index in [1.807, 2.05) is 11.8 Å². The smallest absolute Gasteiger partial charge is 0.195 e. The van der Waals surface area contributed by atoms with Crippen molar-refractivity contribution in [2.75, 3.05) is 6.26 Å². The summed E-state index contributed by atoms with van der Waals surface area (Å²) < 4.78 is 3.05. The summed E-state index contributed by atoms with van der Waals surface area (Å²) in [5, 5.41) is 8.16. The van der Waals surface area contributed by atoms with Crippen molar-refractivity contribution < 1.29 is 0 Å². The number of nitrogens with zero attached hydrogens (tertiary/aromatic N) is 2. The van der Waals surface area contributed by atoms with E-state index < -0.39 is 0 Å². The Hall–Kier alpha value is -0.290. The fraction of sp³-hybridized carbons (Fsp3) is 0.833. The van der Waals surface area contributed by atoms with Crippen LogP contribution in [0.5, 0.6) is 0 Å². The third-order valence-electron chi connectivity index (χ3n) is 3.59. The van der Waals surface area contributed by atoms with E-state index >= 15 is 0 Å². The number of aromatic nitrogens is 3. The molecule has 1 aliphatic rings. The van der Waals surface area contributed by atoms with Gasteiger partial charge in [0.2, 0.25) is 0 Å². The monoisotopic (exact) mass is 271 g/mol. The number of hydrogen-bond donors (Lipinski definition) is 1. The lowest BCUT2D eigenvalue weighted by atomic mass is 9.94. The van der Waals surface area contributed by atoms with Crippen LogP contribution in [0.4, 0.5) is 0 Å². The van der Waals surface area contributed by atoms with E-state index in [1.54, 1.807) is 0 Å². The molecule has 96 valence electrons. The van der Waals surface area contributed by atoms with Gasteiger partial charge in [0.25, 0.3) is 0 Å². The number of thioether (sulfide) groups is 1. The molecule has 0 unspecified atom stereocenters. The van der Waals surface area contributed by atoms with Gasteiger partial charge in [-0.25, -0.2) is 0 Å². The maximum Gasteiger partial charge on any atom is 0.195 e. The van der Waals surface area contributed by atoms with Gasteiger partial charge in [-0.05, 0) is 44.2 Å². The summed E-state index contributed by atoms with van der Waals surface area (Å²) in [5.41, 5.74) is 0. The van der Waals surface area contributed by atoms with E-state index in [0.29, 0.717) is 12.0 Å². The molecule has 0 aliphatic heterocycles. The fourth-order valence-corrected chi connectivity index (χ4v) is 3.65. The van der Waals surface area contributed by atoms with Gasteiger partial charge in [0.05, 0.1) is 0 Å². The van der Waals surface area contributed by atoms with Crippen molar-refractivity contribution in [2.45, 2.75) is 56.7 Å². The Labute approximate surface area is 112 Å². The number of aromatic amines is 1. The van der Waals surface area contributed by atoms with Crippen LogP contribution in [0.15, 0.2) is 0 Å². The van der Waals surface area contributed by atoms with Gasteiger partial charge < -0.3 is 4.57 Å². The molecule has 1 aromatic rings. The van der Waals surface area contributed by atoms with Crippen molar-refractivity contribution in [3.63, 3.8) is 0 Å². The Morgan fingerprint density at radius 1 is 1.35 bits per heavy atom. The second kappa shape index (κ2) is 5.57. The number of H-pyrrole nitrogens is 1. The molecule has 1 aliphatic carbocycles. The summed E-state index contributed by atoms with van der Waals surface area (Å²) in [5.74, 6) is 1.55. The maximum absolute atomic E-state index is 5.37. The standard InChI is InChI=1S/C12H21N3S2/c1-8(2)11-13-14-12(16)15(11)9-4-6-10(17-3)7-5-9/h8-10H,4-7H2,1-3H3,(H,14,16). The van der Waals surface area contributed by atoms with Gasteiger partial charge in [0.15, 0.2) is 4.77 Å². The molecule has 0 saturated heterocycles. The van der Waals surface area contributed by atoms with E-state index in [4.69, 9.17) is 12.2 Å². The van der Waals surface area contributed by atoms with E-state index in [1.165, 1.54) is 25.7 Å². The second-order valence-corrected chi connectivity index (χ2v) is 6.60. The zero-order valence-electron chi connectivity index (χ0n) is 10.8. The van der Waals surface area contributed by atoms with Gasteiger partial charge in [0, 0.05) is 17.2 Å². The first-order chi connectivity index (χ1) is 8.13. The molecule has 1 fully saturated rings. The Balaban J connectivity index is 2.18. The average Bonchev–Trinajstić information content (AvgIpc) is 2.71. The van der Waals surface area contributed by atoms with Crippen LogP contribution in [-0.2, 0) is 0 Å². The van der Waals surface area contributed by atoms with Crippen LogP contribution in [0.2, 0.25) is 0 Å². The van der Waals surface area contributed by atoms with Crippen LogP contribution in [0.1, 0.15) is 57.3 Å². The SMILES string of the molecule is CSC1CCC(n2c(C(C)C)n[nH]c2=S)CC1. The topological polar surface area (TPSA) is 33.6 Å². The molecule has 0 aromatic carbocycles. The van der Waals surface area contributed by atoms with Crippen molar-refractivity contribution in [3.8, 4) is 0 Å². The normalized spacial score (nSPS) is 25.4. The molecule has 0 radical (unpaired) electrons. The lowest BCUT2D eigenvalue weighted by Crippen LogP contribution is -2.21. The minimum Gasteiger partial charge on any atom is -0.301 e. The zero-order valence-corrected chi connectivity index (χ0v) is 12.4. The Bertz CT molecular complexity index is 414. The highest BCUT2D eigenvalue weighted by molar-refractivity contribution is 7.99. The lowest BCUT2D eigenvalue weighted by Gasteiger charge is -2.29. The van der Waals surface area contributed by atoms with Gasteiger partial charge in [-0.1, -0.05) is 13.8 Å². The molecule has 17 heavy (non-hydrogen) atoms. The highest BCUT2D eigenvalue weighted by Gasteiger charge is 2.25. The Morgan fingerprint density at radius 3 is 2.53 bits per heavy atom. The van der Waals surface area contributed by atoms with Gasteiger partial charge in [-0.2, -0.15) is 16.9 Å². The van der Waals surface area contributed by atoms with Crippen LogP contribution in [-0.4, -0.2) is 26.3 Å². The molecule has 1 heterocycles. The van der Waals surface area contributed by atoms with Gasteiger partial charge in [0.1, 0.15) is 5.82 Å². The minimum absolute atomic E-state index is 0.432. The molecule has 3 nitrogen and oxygen atoms in total. The summed E-state index contributed by atoms with van der Waals surface area (Å²) >= 11 is 7.37. The zero-order chi connectivity index (χ0) is 12.4. The molecule has 2 rings (SSSR count). The molecule has 1 saturated carbocycles. The summed E-state index contributed by atoms with van der Waals surface area (Å²) in [6.07, 6.45) is 7.29. The third kappa shape index (κ3) is 2.76. The summed E-state index contributed by atoms with van der Waals surface area (Å²) in [4.78, 5) is 0. The van der Waals surface area contributed by atoms with E-state index in [-0.39, 0.29) is 0 Å². The van der Waals surface area contributed by atoms with Crippen molar-refractivity contribution in [3.05, 3.63) is 10.6 Å². The maximum atomic E-state index is 5.37. The molecule has 0 bridgehead atoms. The lowest BCUT2D eigenvalue weighted by molar-refractivity contribution is 0.346. The Kier molecular flexibility index (Phi) is 4.31. The second-order valence-electron chi connectivity index (χ2n) is 5.08. The molecular formula is C12H21N3S2. The van der Waals surface area contributed by atoms with Crippen LogP contribution in [0.25, 0.3) is 0 Å². The van der Waals surface area contributed by atoms with E-state index in [2.05, 4.69) is 34.9 Å². The number of rotatable bonds is 3. The number of nitrogens with one attached hydrogen (secondary N) is 1. The van der Waals surface area contributed by atoms with Crippen molar-refractivity contribution in [1.29, 1.82) is 0 Å². The largest absolute Gasteiger partial charge is 0.301 e.